The molecule has 4 aromatic heterocycles. The van der Waals surface area contributed by atoms with Gasteiger partial charge in [0, 0.05) is 49.7 Å². The molecule has 190 valence electrons. The third-order valence-electron chi connectivity index (χ3n) is 6.49. The zero-order chi connectivity index (χ0) is 25.2. The number of carbonyl (C=O) groups excluding carboxylic acids is 1. The van der Waals surface area contributed by atoms with Crippen LogP contribution in [0.3, 0.4) is 0 Å². The minimum absolute atomic E-state index is 0.112. The average molecular weight is 502 g/mol. The van der Waals surface area contributed by atoms with Crippen LogP contribution in [0.4, 0.5) is 17.6 Å². The number of hydrogen-bond donors (Lipinski definition) is 2. The standard InChI is InChI=1S/C25H27N9O3/c1-16-13-23(31-30-16)28-22-15-19(24(35)33-9-11-36-12-10-33)27-25(29-22)34-8-4-6-20(34)21-14-18(32-37-21)17-5-2-3-7-26-17/h2-3,5,7,13-15,20H,4,6,8-12H2,1H3,(H2,27,28,29,30,31)/t20-/m0/s1. The zero-order valence-corrected chi connectivity index (χ0v) is 20.4. The molecule has 0 unspecified atom stereocenters. The van der Waals surface area contributed by atoms with Crippen LogP contribution in [-0.2, 0) is 4.74 Å². The van der Waals surface area contributed by atoms with Crippen LogP contribution in [0.2, 0.25) is 0 Å². The molecular weight excluding hydrogens is 474 g/mol. The molecule has 1 amide bonds. The SMILES string of the molecule is Cc1cc(Nc2cc(C(=O)N3CCOCC3)nc(N3CCC[C@H]3c3cc(-c4ccccn4)no3)n2)n[nH]1. The number of ether oxygens (including phenoxy) is 1. The van der Waals surface area contributed by atoms with Gasteiger partial charge in [-0.05, 0) is 31.9 Å². The molecule has 4 aromatic rings. The Morgan fingerprint density at radius 1 is 1.08 bits per heavy atom. The minimum atomic E-state index is -0.152. The van der Waals surface area contributed by atoms with Crippen molar-refractivity contribution >= 4 is 23.5 Å². The maximum atomic E-state index is 13.4. The zero-order valence-electron chi connectivity index (χ0n) is 20.4. The number of nitrogens with zero attached hydrogens (tertiary/aromatic N) is 7. The van der Waals surface area contributed by atoms with Crippen LogP contribution in [0.5, 0.6) is 0 Å². The first kappa shape index (κ1) is 23.1. The normalized spacial score (nSPS) is 17.8. The highest BCUT2D eigenvalue weighted by molar-refractivity contribution is 5.93. The summed E-state index contributed by atoms with van der Waals surface area (Å²) >= 11 is 0. The quantitative estimate of drug-likeness (QED) is 0.405. The fourth-order valence-electron chi connectivity index (χ4n) is 4.66. The molecule has 0 aliphatic carbocycles. The second-order valence-corrected chi connectivity index (χ2v) is 9.09. The number of nitrogens with one attached hydrogen (secondary N) is 2. The van der Waals surface area contributed by atoms with E-state index in [1.807, 2.05) is 37.3 Å². The summed E-state index contributed by atoms with van der Waals surface area (Å²) < 4.78 is 11.2. The van der Waals surface area contributed by atoms with E-state index in [0.717, 1.165) is 30.8 Å². The van der Waals surface area contributed by atoms with Crippen LogP contribution >= 0.6 is 0 Å². The largest absolute Gasteiger partial charge is 0.378 e. The Labute approximate surface area is 213 Å². The highest BCUT2D eigenvalue weighted by Gasteiger charge is 2.33. The summed E-state index contributed by atoms with van der Waals surface area (Å²) in [6, 6.07) is 11.0. The molecule has 0 radical (unpaired) electrons. The van der Waals surface area contributed by atoms with Crippen LogP contribution in [-0.4, -0.2) is 74.0 Å². The van der Waals surface area contributed by atoms with Gasteiger partial charge in [0.25, 0.3) is 5.91 Å². The Kier molecular flexibility index (Phi) is 6.23. The van der Waals surface area contributed by atoms with Gasteiger partial charge in [0.2, 0.25) is 5.95 Å². The Bertz CT molecular complexity index is 1380. The van der Waals surface area contributed by atoms with Crippen molar-refractivity contribution in [2.75, 3.05) is 43.1 Å². The summed E-state index contributed by atoms with van der Waals surface area (Å²) in [5.74, 6) is 2.11. The van der Waals surface area contributed by atoms with Crippen molar-refractivity contribution in [1.82, 2.24) is 35.2 Å². The lowest BCUT2D eigenvalue weighted by Gasteiger charge is -2.27. The number of pyridine rings is 1. The molecule has 2 N–H and O–H groups in total. The summed E-state index contributed by atoms with van der Waals surface area (Å²) in [5.41, 5.74) is 2.65. The number of carbonyl (C=O) groups is 1. The van der Waals surface area contributed by atoms with Crippen LogP contribution in [0.1, 0.15) is 40.8 Å². The molecule has 2 saturated heterocycles. The molecule has 12 heteroatoms. The number of anilines is 3. The van der Waals surface area contributed by atoms with E-state index in [1.54, 1.807) is 17.2 Å². The maximum absolute atomic E-state index is 13.4. The second kappa shape index (κ2) is 9.97. The first-order chi connectivity index (χ1) is 18.1. The summed E-state index contributed by atoms with van der Waals surface area (Å²) in [7, 11) is 0. The van der Waals surface area contributed by atoms with Crippen LogP contribution < -0.4 is 10.2 Å². The van der Waals surface area contributed by atoms with E-state index in [1.165, 1.54) is 0 Å². The molecule has 2 aliphatic rings. The molecule has 2 fully saturated rings. The van der Waals surface area contributed by atoms with E-state index >= 15 is 0 Å². The van der Waals surface area contributed by atoms with Gasteiger partial charge in [0.15, 0.2) is 11.6 Å². The summed E-state index contributed by atoms with van der Waals surface area (Å²) in [5, 5.41) is 14.6. The number of rotatable bonds is 6. The molecule has 0 spiro atoms. The predicted octanol–water partition coefficient (Wildman–Crippen LogP) is 3.12. The number of aryl methyl sites for hydroxylation is 1. The van der Waals surface area contributed by atoms with Gasteiger partial charge in [-0.2, -0.15) is 10.1 Å². The van der Waals surface area contributed by atoms with E-state index in [-0.39, 0.29) is 11.9 Å². The van der Waals surface area contributed by atoms with E-state index in [9.17, 15) is 4.79 Å². The molecule has 2 aliphatic heterocycles. The van der Waals surface area contributed by atoms with Crippen molar-refractivity contribution in [2.45, 2.75) is 25.8 Å². The monoisotopic (exact) mass is 501 g/mol. The first-order valence-corrected chi connectivity index (χ1v) is 12.3. The minimum Gasteiger partial charge on any atom is -0.378 e. The second-order valence-electron chi connectivity index (χ2n) is 9.09. The molecule has 0 bridgehead atoms. The van der Waals surface area contributed by atoms with Crippen LogP contribution in [0, 0.1) is 6.92 Å². The van der Waals surface area contributed by atoms with Gasteiger partial charge in [-0.3, -0.25) is 14.9 Å². The third-order valence-corrected chi connectivity index (χ3v) is 6.49. The number of aromatic nitrogens is 6. The molecule has 37 heavy (non-hydrogen) atoms. The molecule has 6 heterocycles. The van der Waals surface area contributed by atoms with Gasteiger partial charge in [-0.15, -0.1) is 0 Å². The summed E-state index contributed by atoms with van der Waals surface area (Å²) in [4.78, 5) is 31.0. The molecule has 12 nitrogen and oxygen atoms in total. The van der Waals surface area contributed by atoms with Gasteiger partial charge in [0.05, 0.1) is 24.9 Å². The highest BCUT2D eigenvalue weighted by atomic mass is 16.5. The smallest absolute Gasteiger partial charge is 0.272 e. The summed E-state index contributed by atoms with van der Waals surface area (Å²) in [6.45, 7) is 4.72. The fraction of sp³-hybridized carbons (Fsp3) is 0.360. The van der Waals surface area contributed by atoms with Crippen molar-refractivity contribution in [1.29, 1.82) is 0 Å². The Balaban J connectivity index is 1.33. The lowest BCUT2D eigenvalue weighted by atomic mass is 10.1. The number of amides is 1. The Hall–Kier alpha value is -4.32. The molecular formula is C25H27N9O3. The Morgan fingerprint density at radius 2 is 1.97 bits per heavy atom. The number of aromatic amines is 1. The molecule has 1 atom stereocenters. The molecule has 6 rings (SSSR count). The number of hydrogen-bond acceptors (Lipinski definition) is 10. The van der Waals surface area contributed by atoms with Crippen molar-refractivity contribution in [2.24, 2.45) is 0 Å². The lowest BCUT2D eigenvalue weighted by molar-refractivity contribution is 0.0299. The highest BCUT2D eigenvalue weighted by Crippen LogP contribution is 2.36. The van der Waals surface area contributed by atoms with E-state index < -0.39 is 0 Å². The summed E-state index contributed by atoms with van der Waals surface area (Å²) in [6.07, 6.45) is 3.51. The van der Waals surface area contributed by atoms with Gasteiger partial charge in [-0.25, -0.2) is 4.98 Å². The van der Waals surface area contributed by atoms with Gasteiger partial charge < -0.3 is 24.4 Å². The first-order valence-electron chi connectivity index (χ1n) is 12.3. The average Bonchev–Trinajstić information content (AvgIpc) is 3.70. The predicted molar refractivity (Wildman–Crippen MR) is 134 cm³/mol. The van der Waals surface area contributed by atoms with Crippen molar-refractivity contribution in [3.8, 4) is 11.4 Å². The number of morpholine rings is 1. The van der Waals surface area contributed by atoms with Crippen molar-refractivity contribution < 1.29 is 14.1 Å². The van der Waals surface area contributed by atoms with E-state index in [4.69, 9.17) is 19.2 Å². The topological polar surface area (TPSA) is 138 Å². The fourth-order valence-corrected chi connectivity index (χ4v) is 4.66. The third kappa shape index (κ3) is 4.87. The molecule has 0 aromatic carbocycles. The van der Waals surface area contributed by atoms with Crippen LogP contribution in [0.15, 0.2) is 47.1 Å². The van der Waals surface area contributed by atoms with Crippen molar-refractivity contribution in [3.05, 3.63) is 59.7 Å². The van der Waals surface area contributed by atoms with E-state index in [0.29, 0.717) is 61.0 Å². The Morgan fingerprint density at radius 3 is 2.76 bits per heavy atom. The van der Waals surface area contributed by atoms with E-state index in [2.05, 4.69) is 30.6 Å². The number of H-pyrrole nitrogens is 1. The van der Waals surface area contributed by atoms with Crippen LogP contribution in [0.25, 0.3) is 11.4 Å². The van der Waals surface area contributed by atoms with Gasteiger partial charge in [-0.1, -0.05) is 11.2 Å². The van der Waals surface area contributed by atoms with Crippen molar-refractivity contribution in [3.63, 3.8) is 0 Å². The lowest BCUT2D eigenvalue weighted by Crippen LogP contribution is -2.41. The maximum Gasteiger partial charge on any atom is 0.272 e. The van der Waals surface area contributed by atoms with Gasteiger partial charge in [0.1, 0.15) is 17.2 Å². The molecule has 0 saturated carbocycles. The van der Waals surface area contributed by atoms with Gasteiger partial charge >= 0.3 is 0 Å².